The van der Waals surface area contributed by atoms with E-state index in [4.69, 9.17) is 9.47 Å². The minimum Gasteiger partial charge on any atom is -0.504 e. The Morgan fingerprint density at radius 2 is 0.967 bits per heavy atom. The molecule has 2 aromatic carbocycles. The van der Waals surface area contributed by atoms with Crippen LogP contribution in [0.25, 0.3) is 0 Å². The van der Waals surface area contributed by atoms with Crippen LogP contribution in [0.2, 0.25) is 0 Å². The molecule has 2 rings (SSSR count). The molecule has 0 atom stereocenters. The first-order chi connectivity index (χ1) is 14.4. The molecule has 0 bridgehead atoms. The van der Waals surface area contributed by atoms with Gasteiger partial charge in [0.25, 0.3) is 0 Å². The van der Waals surface area contributed by atoms with Crippen LogP contribution in [-0.2, 0) is 9.47 Å². The third-order valence-corrected chi connectivity index (χ3v) is 4.47. The second-order valence-electron chi connectivity index (χ2n) is 6.74. The first-order valence-corrected chi connectivity index (χ1v) is 9.78. The zero-order valence-corrected chi connectivity index (χ0v) is 16.5. The molecule has 0 fully saturated rings. The summed E-state index contributed by atoms with van der Waals surface area (Å²) < 4.78 is 10.2. The molecule has 162 valence electrons. The van der Waals surface area contributed by atoms with Crippen LogP contribution in [0, 0.1) is 0 Å². The fraction of sp³-hybridized carbons (Fsp3) is 0.364. The molecule has 0 spiro atoms. The molecule has 8 heteroatoms. The van der Waals surface area contributed by atoms with Gasteiger partial charge in [-0.05, 0) is 37.1 Å². The highest BCUT2D eigenvalue weighted by molar-refractivity contribution is 5.93. The van der Waals surface area contributed by atoms with Crippen LogP contribution in [-0.4, -0.2) is 45.6 Å². The van der Waals surface area contributed by atoms with E-state index >= 15 is 0 Å². The number of esters is 2. The Labute approximate surface area is 174 Å². The first-order valence-electron chi connectivity index (χ1n) is 9.78. The van der Waals surface area contributed by atoms with Crippen molar-refractivity contribution in [3.05, 3.63) is 47.5 Å². The van der Waals surface area contributed by atoms with Gasteiger partial charge in [-0.25, -0.2) is 9.59 Å². The molecule has 8 nitrogen and oxygen atoms in total. The van der Waals surface area contributed by atoms with Gasteiger partial charge in [0, 0.05) is 0 Å². The summed E-state index contributed by atoms with van der Waals surface area (Å²) in [4.78, 5) is 23.7. The van der Waals surface area contributed by atoms with Gasteiger partial charge in [-0.15, -0.1) is 0 Å². The van der Waals surface area contributed by atoms with Gasteiger partial charge in [-0.3, -0.25) is 0 Å². The van der Waals surface area contributed by atoms with Crippen LogP contribution < -0.4 is 0 Å². The molecule has 4 N–H and O–H groups in total. The van der Waals surface area contributed by atoms with Crippen molar-refractivity contribution < 1.29 is 39.5 Å². The average molecular weight is 418 g/mol. The number of carbonyl (C=O) groups excluding carboxylic acids is 2. The van der Waals surface area contributed by atoms with E-state index in [2.05, 4.69) is 0 Å². The molecular formula is C22H26O8. The lowest BCUT2D eigenvalue weighted by molar-refractivity contribution is 0.0480. The molecule has 0 amide bonds. The summed E-state index contributed by atoms with van der Waals surface area (Å²) in [7, 11) is 0. The number of hydrogen-bond acceptors (Lipinski definition) is 8. The fourth-order valence-electron chi connectivity index (χ4n) is 2.79. The number of ether oxygens (including phenoxy) is 2. The Kier molecular flexibility index (Phi) is 8.80. The van der Waals surface area contributed by atoms with Crippen molar-refractivity contribution in [1.29, 1.82) is 0 Å². The van der Waals surface area contributed by atoms with Crippen LogP contribution in [0.15, 0.2) is 36.4 Å². The average Bonchev–Trinajstić information content (AvgIpc) is 2.73. The second kappa shape index (κ2) is 11.5. The van der Waals surface area contributed by atoms with E-state index in [1.807, 2.05) is 0 Å². The summed E-state index contributed by atoms with van der Waals surface area (Å²) in [5, 5.41) is 38.0. The van der Waals surface area contributed by atoms with E-state index in [0.717, 1.165) is 25.7 Å². The van der Waals surface area contributed by atoms with Crippen molar-refractivity contribution in [2.24, 2.45) is 0 Å². The van der Waals surface area contributed by atoms with E-state index in [9.17, 15) is 30.0 Å². The zero-order valence-electron chi connectivity index (χ0n) is 16.5. The Hall–Kier alpha value is -3.42. The van der Waals surface area contributed by atoms with E-state index < -0.39 is 23.4 Å². The Bertz CT molecular complexity index is 791. The van der Waals surface area contributed by atoms with Gasteiger partial charge in [-0.2, -0.15) is 0 Å². The summed E-state index contributed by atoms with van der Waals surface area (Å²) in [6, 6.07) is 8.23. The minimum absolute atomic E-state index is 0.0661. The maximum atomic E-state index is 11.9. The van der Waals surface area contributed by atoms with Crippen LogP contribution >= 0.6 is 0 Å². The SMILES string of the molecule is O=C(OCCCCCCCCOC(=O)c1cccc(O)c1O)c1cccc(O)c1O. The van der Waals surface area contributed by atoms with Crippen LogP contribution in [0.5, 0.6) is 23.0 Å². The van der Waals surface area contributed by atoms with Gasteiger partial charge in [0.05, 0.1) is 13.2 Å². The Morgan fingerprint density at radius 3 is 1.37 bits per heavy atom. The van der Waals surface area contributed by atoms with Gasteiger partial charge in [0.15, 0.2) is 23.0 Å². The number of aromatic hydroxyl groups is 4. The number of carbonyl (C=O) groups is 2. The molecule has 0 saturated heterocycles. The molecular weight excluding hydrogens is 392 g/mol. The molecule has 2 aromatic rings. The number of phenols is 4. The largest absolute Gasteiger partial charge is 0.504 e. The predicted molar refractivity (Wildman–Crippen MR) is 108 cm³/mol. The Balaban J connectivity index is 1.51. The number of hydrogen-bond donors (Lipinski definition) is 4. The van der Waals surface area contributed by atoms with Gasteiger partial charge < -0.3 is 29.9 Å². The zero-order chi connectivity index (χ0) is 21.9. The summed E-state index contributed by atoms with van der Waals surface area (Å²) in [5.74, 6) is -3.06. The molecule has 0 radical (unpaired) electrons. The third kappa shape index (κ3) is 6.58. The lowest BCUT2D eigenvalue weighted by atomic mass is 10.1. The van der Waals surface area contributed by atoms with Crippen LogP contribution in [0.4, 0.5) is 0 Å². The van der Waals surface area contributed by atoms with Gasteiger partial charge >= 0.3 is 11.9 Å². The number of benzene rings is 2. The van der Waals surface area contributed by atoms with E-state index in [1.54, 1.807) is 0 Å². The molecule has 0 saturated carbocycles. The fourth-order valence-corrected chi connectivity index (χ4v) is 2.79. The number of para-hydroxylation sites is 2. The molecule has 30 heavy (non-hydrogen) atoms. The lowest BCUT2D eigenvalue weighted by Gasteiger charge is -2.08. The molecule has 0 aliphatic heterocycles. The topological polar surface area (TPSA) is 134 Å². The van der Waals surface area contributed by atoms with Crippen molar-refractivity contribution in [1.82, 2.24) is 0 Å². The molecule has 0 unspecified atom stereocenters. The first kappa shape index (κ1) is 22.9. The summed E-state index contributed by atoms with van der Waals surface area (Å²) in [6.07, 6.45) is 4.92. The lowest BCUT2D eigenvalue weighted by Crippen LogP contribution is -2.07. The molecule has 0 heterocycles. The predicted octanol–water partition coefficient (Wildman–Crippen LogP) is 3.86. The summed E-state index contributed by atoms with van der Waals surface area (Å²) in [6.45, 7) is 0.442. The van der Waals surface area contributed by atoms with Gasteiger partial charge in [-0.1, -0.05) is 37.8 Å². The van der Waals surface area contributed by atoms with E-state index in [0.29, 0.717) is 12.8 Å². The van der Waals surface area contributed by atoms with E-state index in [1.165, 1.54) is 36.4 Å². The quantitative estimate of drug-likeness (QED) is 0.246. The van der Waals surface area contributed by atoms with Crippen molar-refractivity contribution in [3.8, 4) is 23.0 Å². The van der Waals surface area contributed by atoms with E-state index in [-0.39, 0.29) is 35.8 Å². The minimum atomic E-state index is -0.678. The third-order valence-electron chi connectivity index (χ3n) is 4.47. The molecule has 0 aliphatic rings. The Morgan fingerprint density at radius 1 is 0.600 bits per heavy atom. The highest BCUT2D eigenvalue weighted by Crippen LogP contribution is 2.29. The molecule has 0 aromatic heterocycles. The van der Waals surface area contributed by atoms with Crippen LogP contribution in [0.3, 0.4) is 0 Å². The molecule has 0 aliphatic carbocycles. The highest BCUT2D eigenvalue weighted by atomic mass is 16.5. The monoisotopic (exact) mass is 418 g/mol. The highest BCUT2D eigenvalue weighted by Gasteiger charge is 2.16. The summed E-state index contributed by atoms with van der Waals surface area (Å²) >= 11 is 0. The van der Waals surface area contributed by atoms with Gasteiger partial charge in [0.2, 0.25) is 0 Å². The normalized spacial score (nSPS) is 10.5. The smallest absolute Gasteiger partial charge is 0.342 e. The van der Waals surface area contributed by atoms with Gasteiger partial charge in [0.1, 0.15) is 11.1 Å². The maximum absolute atomic E-state index is 11.9. The number of rotatable bonds is 11. The maximum Gasteiger partial charge on any atom is 0.342 e. The van der Waals surface area contributed by atoms with Crippen molar-refractivity contribution >= 4 is 11.9 Å². The number of unbranched alkanes of at least 4 members (excludes halogenated alkanes) is 5. The van der Waals surface area contributed by atoms with Crippen molar-refractivity contribution in [3.63, 3.8) is 0 Å². The second-order valence-corrected chi connectivity index (χ2v) is 6.74. The standard InChI is InChI=1S/C22H26O8/c23-17-11-7-9-15(19(17)25)21(27)29-13-5-3-1-2-4-6-14-30-22(28)16-10-8-12-18(24)20(16)26/h7-12,23-26H,1-6,13-14H2. The van der Waals surface area contributed by atoms with Crippen molar-refractivity contribution in [2.45, 2.75) is 38.5 Å². The van der Waals surface area contributed by atoms with Crippen LogP contribution in [0.1, 0.15) is 59.2 Å². The van der Waals surface area contributed by atoms with Crippen molar-refractivity contribution in [2.75, 3.05) is 13.2 Å². The number of phenolic OH excluding ortho intramolecular Hbond substituents is 4. The summed E-state index contributed by atoms with van der Waals surface area (Å²) in [5.41, 5.74) is -0.132.